The zero-order chi connectivity index (χ0) is 21.2. The highest BCUT2D eigenvalue weighted by molar-refractivity contribution is 5.97. The molecule has 1 N–H and O–H groups in total. The maximum absolute atomic E-state index is 12.5. The van der Waals surface area contributed by atoms with Gasteiger partial charge in [0.2, 0.25) is 12.9 Å². The summed E-state index contributed by atoms with van der Waals surface area (Å²) in [5.41, 5.74) is 4.12. The van der Waals surface area contributed by atoms with Gasteiger partial charge in [0.1, 0.15) is 6.61 Å². The molecular formula is C24H20N2O5. The lowest BCUT2D eigenvalue weighted by Crippen LogP contribution is -2.42. The molecule has 2 aliphatic rings. The van der Waals surface area contributed by atoms with Crippen LogP contribution in [0.4, 0.5) is 0 Å². The zero-order valence-corrected chi connectivity index (χ0v) is 16.8. The van der Waals surface area contributed by atoms with Gasteiger partial charge in [-0.15, -0.1) is 0 Å². The Balaban J connectivity index is 1.22. The lowest BCUT2D eigenvalue weighted by molar-refractivity contribution is -0.130. The molecule has 0 spiro atoms. The smallest absolute Gasteiger partial charge is 0.284 e. The molecular weight excluding hydrogens is 396 g/mol. The topological polar surface area (TPSA) is 78.4 Å². The average molecular weight is 416 g/mol. The fraction of sp³-hybridized carbons (Fsp3) is 0.167. The molecule has 7 heteroatoms. The summed E-state index contributed by atoms with van der Waals surface area (Å²) in [6.07, 6.45) is 2.91. The van der Waals surface area contributed by atoms with Crippen LogP contribution < -0.4 is 24.4 Å². The van der Waals surface area contributed by atoms with Crippen molar-refractivity contribution in [2.75, 3.05) is 13.4 Å². The van der Waals surface area contributed by atoms with Crippen molar-refractivity contribution >= 4 is 28.5 Å². The predicted molar refractivity (Wildman–Crippen MR) is 117 cm³/mol. The minimum Gasteiger partial charge on any atom is -0.485 e. The maximum atomic E-state index is 12.5. The Bertz CT molecular complexity index is 1220. The van der Waals surface area contributed by atoms with Crippen LogP contribution in [0.3, 0.4) is 0 Å². The summed E-state index contributed by atoms with van der Waals surface area (Å²) in [5, 5.41) is 6.21. The molecule has 0 saturated heterocycles. The van der Waals surface area contributed by atoms with E-state index in [4.69, 9.17) is 18.9 Å². The molecule has 2 aliphatic heterocycles. The van der Waals surface area contributed by atoms with E-state index in [0.29, 0.717) is 23.0 Å². The molecule has 0 aliphatic carbocycles. The summed E-state index contributed by atoms with van der Waals surface area (Å²) in [6.45, 7) is 2.16. The van der Waals surface area contributed by atoms with Crippen LogP contribution in [0.25, 0.3) is 16.8 Å². The zero-order valence-electron chi connectivity index (χ0n) is 16.8. The van der Waals surface area contributed by atoms with Gasteiger partial charge in [-0.05, 0) is 53.6 Å². The SMILES string of the molecule is CC(/C=C/c1ccc2c(c1)OCO2)=N/NC(=O)C1COc2cc3ccccc3cc2O1. The number of hydrazone groups is 1. The normalized spacial score (nSPS) is 17.2. The molecule has 0 fully saturated rings. The van der Waals surface area contributed by atoms with Gasteiger partial charge >= 0.3 is 0 Å². The van der Waals surface area contributed by atoms with Gasteiger partial charge in [-0.1, -0.05) is 36.4 Å². The number of hydrogen-bond acceptors (Lipinski definition) is 6. The molecule has 1 amide bonds. The van der Waals surface area contributed by atoms with Crippen LogP contribution in [0.2, 0.25) is 0 Å². The molecule has 5 rings (SSSR count). The second-order valence-electron chi connectivity index (χ2n) is 7.24. The van der Waals surface area contributed by atoms with Crippen molar-refractivity contribution in [2.45, 2.75) is 13.0 Å². The summed E-state index contributed by atoms with van der Waals surface area (Å²) < 4.78 is 22.3. The van der Waals surface area contributed by atoms with Crippen molar-refractivity contribution in [3.8, 4) is 23.0 Å². The molecule has 7 nitrogen and oxygen atoms in total. The number of ether oxygens (including phenoxy) is 4. The van der Waals surface area contributed by atoms with E-state index in [1.807, 2.05) is 60.7 Å². The van der Waals surface area contributed by atoms with Gasteiger partial charge in [0.25, 0.3) is 5.91 Å². The third-order valence-electron chi connectivity index (χ3n) is 5.02. The first-order valence-corrected chi connectivity index (χ1v) is 9.90. The van der Waals surface area contributed by atoms with E-state index >= 15 is 0 Å². The molecule has 1 unspecified atom stereocenters. The Kier molecular flexibility index (Phi) is 4.92. The first-order chi connectivity index (χ1) is 15.2. The highest BCUT2D eigenvalue weighted by Gasteiger charge is 2.27. The van der Waals surface area contributed by atoms with Crippen molar-refractivity contribution in [1.29, 1.82) is 0 Å². The Hall–Kier alpha value is -4.00. The molecule has 0 bridgehead atoms. The van der Waals surface area contributed by atoms with E-state index in [0.717, 1.165) is 22.1 Å². The van der Waals surface area contributed by atoms with E-state index in [-0.39, 0.29) is 19.3 Å². The van der Waals surface area contributed by atoms with Crippen LogP contribution in [-0.4, -0.2) is 31.1 Å². The first-order valence-electron chi connectivity index (χ1n) is 9.90. The quantitative estimate of drug-likeness (QED) is 0.515. The van der Waals surface area contributed by atoms with E-state index in [1.54, 1.807) is 13.0 Å². The number of fused-ring (bicyclic) bond motifs is 3. The van der Waals surface area contributed by atoms with E-state index < -0.39 is 6.10 Å². The van der Waals surface area contributed by atoms with Crippen molar-refractivity contribution < 1.29 is 23.7 Å². The van der Waals surface area contributed by atoms with Crippen molar-refractivity contribution in [3.63, 3.8) is 0 Å². The molecule has 3 aromatic carbocycles. The fourth-order valence-electron chi connectivity index (χ4n) is 3.37. The summed E-state index contributed by atoms with van der Waals surface area (Å²) in [6, 6.07) is 17.4. The first kappa shape index (κ1) is 19.0. The standard InChI is InChI=1S/C24H20N2O5/c1-15(6-7-16-8-9-19-20(10-16)30-14-29-19)25-26-24(27)23-13-28-21-11-17-4-2-3-5-18(17)12-22(21)31-23/h2-12,23H,13-14H2,1H3,(H,26,27)/b7-6+,25-15-. The van der Waals surface area contributed by atoms with Crippen LogP contribution in [0, 0.1) is 0 Å². The molecule has 2 heterocycles. The van der Waals surface area contributed by atoms with Crippen molar-refractivity contribution in [2.24, 2.45) is 5.10 Å². The van der Waals surface area contributed by atoms with E-state index in [2.05, 4.69) is 10.5 Å². The number of hydrogen-bond donors (Lipinski definition) is 1. The van der Waals surface area contributed by atoms with Gasteiger partial charge in [0, 0.05) is 0 Å². The fourth-order valence-corrected chi connectivity index (χ4v) is 3.37. The van der Waals surface area contributed by atoms with Gasteiger partial charge in [-0.25, -0.2) is 5.43 Å². The third-order valence-corrected chi connectivity index (χ3v) is 5.02. The molecule has 0 saturated carbocycles. The second kappa shape index (κ2) is 8.02. The van der Waals surface area contributed by atoms with Gasteiger partial charge in [-0.3, -0.25) is 4.79 Å². The number of amides is 1. The largest absolute Gasteiger partial charge is 0.485 e. The number of rotatable bonds is 4. The van der Waals surface area contributed by atoms with Gasteiger partial charge in [0.15, 0.2) is 23.0 Å². The van der Waals surface area contributed by atoms with E-state index in [9.17, 15) is 4.79 Å². The van der Waals surface area contributed by atoms with Gasteiger partial charge in [-0.2, -0.15) is 5.10 Å². The molecule has 3 aromatic rings. The van der Waals surface area contributed by atoms with Gasteiger partial charge in [0.05, 0.1) is 5.71 Å². The number of nitrogens with one attached hydrogen (secondary N) is 1. The summed E-state index contributed by atoms with van der Waals surface area (Å²) >= 11 is 0. The molecule has 31 heavy (non-hydrogen) atoms. The number of nitrogens with zero attached hydrogens (tertiary/aromatic N) is 1. The Labute approximate surface area is 178 Å². The van der Waals surface area contributed by atoms with Crippen LogP contribution in [-0.2, 0) is 4.79 Å². The number of allylic oxidation sites excluding steroid dienone is 1. The summed E-state index contributed by atoms with van der Waals surface area (Å²) in [7, 11) is 0. The lowest BCUT2D eigenvalue weighted by atomic mass is 10.1. The number of carbonyl (C=O) groups excluding carboxylic acids is 1. The highest BCUT2D eigenvalue weighted by Crippen LogP contribution is 2.36. The van der Waals surface area contributed by atoms with Crippen LogP contribution >= 0.6 is 0 Å². The summed E-state index contributed by atoms with van der Waals surface area (Å²) in [4.78, 5) is 12.5. The maximum Gasteiger partial charge on any atom is 0.284 e. The Morgan fingerprint density at radius 2 is 1.71 bits per heavy atom. The number of benzene rings is 3. The molecule has 0 radical (unpaired) electrons. The highest BCUT2D eigenvalue weighted by atomic mass is 16.7. The summed E-state index contributed by atoms with van der Waals surface area (Å²) in [5.74, 6) is 2.27. The minimum absolute atomic E-state index is 0.124. The van der Waals surface area contributed by atoms with E-state index in [1.165, 1.54) is 0 Å². The number of carbonyl (C=O) groups is 1. The average Bonchev–Trinajstić information content (AvgIpc) is 3.27. The Morgan fingerprint density at radius 3 is 2.55 bits per heavy atom. The predicted octanol–water partition coefficient (Wildman–Crippen LogP) is 3.91. The van der Waals surface area contributed by atoms with Crippen molar-refractivity contribution in [3.05, 3.63) is 66.2 Å². The molecule has 0 aromatic heterocycles. The van der Waals surface area contributed by atoms with Crippen LogP contribution in [0.5, 0.6) is 23.0 Å². The second-order valence-corrected chi connectivity index (χ2v) is 7.24. The van der Waals surface area contributed by atoms with Gasteiger partial charge < -0.3 is 18.9 Å². The van der Waals surface area contributed by atoms with Crippen LogP contribution in [0.1, 0.15) is 12.5 Å². The van der Waals surface area contributed by atoms with Crippen LogP contribution in [0.15, 0.2) is 65.8 Å². The monoisotopic (exact) mass is 416 g/mol. The Morgan fingerprint density at radius 1 is 0.968 bits per heavy atom. The molecule has 1 atom stereocenters. The lowest BCUT2D eigenvalue weighted by Gasteiger charge is -2.25. The minimum atomic E-state index is -0.775. The van der Waals surface area contributed by atoms with Crippen molar-refractivity contribution in [1.82, 2.24) is 5.43 Å². The molecule has 156 valence electrons. The third kappa shape index (κ3) is 4.02.